The van der Waals surface area contributed by atoms with E-state index in [1.165, 1.54) is 0 Å². The van der Waals surface area contributed by atoms with E-state index in [1.807, 2.05) is 18.2 Å². The summed E-state index contributed by atoms with van der Waals surface area (Å²) in [5, 5.41) is 3.92. The van der Waals surface area contributed by atoms with Crippen molar-refractivity contribution in [3.63, 3.8) is 0 Å². The van der Waals surface area contributed by atoms with Gasteiger partial charge >= 0.3 is 0 Å². The third-order valence-electron chi connectivity index (χ3n) is 3.92. The number of aromatic nitrogens is 2. The molecule has 0 fully saturated rings. The number of H-pyrrole nitrogens is 1. The average molecular weight is 315 g/mol. The van der Waals surface area contributed by atoms with E-state index in [-0.39, 0.29) is 11.3 Å². The van der Waals surface area contributed by atoms with Gasteiger partial charge in [0.1, 0.15) is 0 Å². The van der Waals surface area contributed by atoms with Crippen LogP contribution in [0.4, 0.5) is 5.69 Å². The lowest BCUT2D eigenvalue weighted by atomic mass is 10.1. The van der Waals surface area contributed by atoms with Crippen molar-refractivity contribution in [2.45, 2.75) is 0 Å². The minimum atomic E-state index is -0.280. The summed E-state index contributed by atoms with van der Waals surface area (Å²) in [4.78, 5) is 32.4. The van der Waals surface area contributed by atoms with E-state index in [0.29, 0.717) is 33.1 Å². The highest BCUT2D eigenvalue weighted by atomic mass is 16.1. The number of rotatable bonds is 2. The smallest absolute Gasteiger partial charge is 0.257 e. The number of benzene rings is 2. The van der Waals surface area contributed by atoms with Crippen LogP contribution in [0.2, 0.25) is 0 Å². The standard InChI is InChI=1S/C19H13N3O2/c23-18-13-4-1-2-7-16(13)22-17-14(18)5-3-6-15(17)19(24)21-12-8-10-20-11-9-12/h1-11H,(H,22,23)(H,20,21,24). The van der Waals surface area contributed by atoms with Crippen LogP contribution >= 0.6 is 0 Å². The molecule has 2 aromatic heterocycles. The number of hydrogen-bond acceptors (Lipinski definition) is 3. The Morgan fingerprint density at radius 2 is 1.67 bits per heavy atom. The molecular formula is C19H13N3O2. The molecule has 24 heavy (non-hydrogen) atoms. The second-order valence-electron chi connectivity index (χ2n) is 5.42. The van der Waals surface area contributed by atoms with E-state index in [0.717, 1.165) is 0 Å². The summed E-state index contributed by atoms with van der Waals surface area (Å²) in [5.74, 6) is -0.280. The number of fused-ring (bicyclic) bond motifs is 2. The summed E-state index contributed by atoms with van der Waals surface area (Å²) in [6.07, 6.45) is 3.21. The molecule has 4 aromatic rings. The summed E-state index contributed by atoms with van der Waals surface area (Å²) >= 11 is 0. The Kier molecular flexibility index (Phi) is 3.31. The average Bonchev–Trinajstić information content (AvgIpc) is 2.62. The predicted octanol–water partition coefficient (Wildman–Crippen LogP) is 3.33. The maximum atomic E-state index is 12.7. The van der Waals surface area contributed by atoms with Gasteiger partial charge in [0.15, 0.2) is 5.43 Å². The zero-order valence-corrected chi connectivity index (χ0v) is 12.6. The molecule has 5 heteroatoms. The van der Waals surface area contributed by atoms with E-state index >= 15 is 0 Å². The van der Waals surface area contributed by atoms with Crippen LogP contribution in [0.25, 0.3) is 21.8 Å². The van der Waals surface area contributed by atoms with Gasteiger partial charge in [-0.2, -0.15) is 0 Å². The van der Waals surface area contributed by atoms with Crippen LogP contribution in [-0.2, 0) is 0 Å². The van der Waals surface area contributed by atoms with Crippen LogP contribution in [0, 0.1) is 0 Å². The lowest BCUT2D eigenvalue weighted by molar-refractivity contribution is 0.102. The number of amides is 1. The molecule has 0 radical (unpaired) electrons. The van der Waals surface area contributed by atoms with E-state index in [2.05, 4.69) is 15.3 Å². The van der Waals surface area contributed by atoms with Crippen LogP contribution in [0.1, 0.15) is 10.4 Å². The SMILES string of the molecule is O=C(Nc1ccncc1)c1cccc2c(=O)c3ccccc3[nH]c12. The van der Waals surface area contributed by atoms with Crippen molar-refractivity contribution in [3.8, 4) is 0 Å². The Balaban J connectivity index is 1.90. The fourth-order valence-electron chi connectivity index (χ4n) is 2.77. The van der Waals surface area contributed by atoms with Gasteiger partial charge in [0, 0.05) is 34.4 Å². The number of anilines is 1. The van der Waals surface area contributed by atoms with Crippen molar-refractivity contribution in [1.82, 2.24) is 9.97 Å². The van der Waals surface area contributed by atoms with Gasteiger partial charge in [-0.05, 0) is 36.4 Å². The second kappa shape index (κ2) is 5.62. The van der Waals surface area contributed by atoms with Crippen LogP contribution in [0.3, 0.4) is 0 Å². The number of carbonyl (C=O) groups excluding carboxylic acids is 1. The molecule has 2 heterocycles. The van der Waals surface area contributed by atoms with Gasteiger partial charge < -0.3 is 10.3 Å². The van der Waals surface area contributed by atoms with E-state index < -0.39 is 0 Å². The molecule has 0 atom stereocenters. The predicted molar refractivity (Wildman–Crippen MR) is 94.3 cm³/mol. The van der Waals surface area contributed by atoms with Gasteiger partial charge in [-0.25, -0.2) is 0 Å². The molecule has 0 aliphatic rings. The van der Waals surface area contributed by atoms with Crippen molar-refractivity contribution in [1.29, 1.82) is 0 Å². The topological polar surface area (TPSA) is 74.8 Å². The first-order chi connectivity index (χ1) is 11.7. The van der Waals surface area contributed by atoms with Crippen molar-refractivity contribution in [2.24, 2.45) is 0 Å². The summed E-state index contributed by atoms with van der Waals surface area (Å²) in [7, 11) is 0. The van der Waals surface area contributed by atoms with Gasteiger partial charge in [-0.3, -0.25) is 14.6 Å². The molecule has 5 nitrogen and oxygen atoms in total. The first-order valence-corrected chi connectivity index (χ1v) is 7.49. The monoisotopic (exact) mass is 315 g/mol. The fraction of sp³-hybridized carbons (Fsp3) is 0. The largest absolute Gasteiger partial charge is 0.354 e. The highest BCUT2D eigenvalue weighted by Crippen LogP contribution is 2.19. The fourth-order valence-corrected chi connectivity index (χ4v) is 2.77. The molecular weight excluding hydrogens is 302 g/mol. The second-order valence-corrected chi connectivity index (χ2v) is 5.42. The highest BCUT2D eigenvalue weighted by Gasteiger charge is 2.14. The van der Waals surface area contributed by atoms with Crippen LogP contribution in [-0.4, -0.2) is 15.9 Å². The molecule has 2 N–H and O–H groups in total. The van der Waals surface area contributed by atoms with E-state index in [4.69, 9.17) is 0 Å². The number of pyridine rings is 2. The first kappa shape index (κ1) is 14.1. The number of para-hydroxylation sites is 2. The number of carbonyl (C=O) groups is 1. The summed E-state index contributed by atoms with van der Waals surface area (Å²) in [5.41, 5.74) is 2.23. The zero-order chi connectivity index (χ0) is 16.5. The molecule has 4 rings (SSSR count). The molecule has 0 saturated heterocycles. The molecule has 0 unspecified atom stereocenters. The number of aromatic amines is 1. The van der Waals surface area contributed by atoms with Gasteiger partial charge in [0.2, 0.25) is 0 Å². The van der Waals surface area contributed by atoms with Crippen molar-refractivity contribution in [3.05, 3.63) is 82.8 Å². The number of nitrogens with zero attached hydrogens (tertiary/aromatic N) is 1. The van der Waals surface area contributed by atoms with Crippen molar-refractivity contribution < 1.29 is 4.79 Å². The molecule has 0 aliphatic carbocycles. The lowest BCUT2D eigenvalue weighted by Gasteiger charge is -2.09. The summed E-state index contributed by atoms with van der Waals surface area (Å²) in [6, 6.07) is 15.8. The quantitative estimate of drug-likeness (QED) is 0.557. The number of nitrogens with one attached hydrogen (secondary N) is 2. The summed E-state index contributed by atoms with van der Waals surface area (Å²) in [6.45, 7) is 0. The number of hydrogen-bond donors (Lipinski definition) is 2. The van der Waals surface area contributed by atoms with E-state index in [1.54, 1.807) is 48.8 Å². The molecule has 116 valence electrons. The van der Waals surface area contributed by atoms with Gasteiger partial charge in [0.25, 0.3) is 5.91 Å². The molecule has 2 aromatic carbocycles. The highest BCUT2D eigenvalue weighted by molar-refractivity contribution is 6.13. The van der Waals surface area contributed by atoms with Crippen LogP contribution in [0.5, 0.6) is 0 Å². The van der Waals surface area contributed by atoms with Crippen LogP contribution < -0.4 is 10.7 Å². The third kappa shape index (κ3) is 2.32. The maximum absolute atomic E-state index is 12.7. The minimum absolute atomic E-state index is 0.0853. The maximum Gasteiger partial charge on any atom is 0.257 e. The Bertz CT molecular complexity index is 1120. The third-order valence-corrected chi connectivity index (χ3v) is 3.92. The summed E-state index contributed by atoms with van der Waals surface area (Å²) < 4.78 is 0. The molecule has 0 saturated carbocycles. The van der Waals surface area contributed by atoms with Gasteiger partial charge in [0.05, 0.1) is 11.1 Å². The molecule has 0 bridgehead atoms. The Morgan fingerprint density at radius 3 is 2.50 bits per heavy atom. The first-order valence-electron chi connectivity index (χ1n) is 7.49. The zero-order valence-electron chi connectivity index (χ0n) is 12.6. The Labute approximate surface area is 137 Å². The molecule has 1 amide bonds. The van der Waals surface area contributed by atoms with Gasteiger partial charge in [-0.1, -0.05) is 18.2 Å². The Morgan fingerprint density at radius 1 is 0.917 bits per heavy atom. The lowest BCUT2D eigenvalue weighted by Crippen LogP contribution is -2.14. The normalized spacial score (nSPS) is 10.8. The van der Waals surface area contributed by atoms with Gasteiger partial charge in [-0.15, -0.1) is 0 Å². The van der Waals surface area contributed by atoms with Crippen molar-refractivity contribution >= 4 is 33.4 Å². The Hall–Kier alpha value is -3.47. The molecule has 0 aliphatic heterocycles. The van der Waals surface area contributed by atoms with Crippen molar-refractivity contribution in [2.75, 3.05) is 5.32 Å². The molecule has 0 spiro atoms. The van der Waals surface area contributed by atoms with Crippen LogP contribution in [0.15, 0.2) is 71.8 Å². The van der Waals surface area contributed by atoms with E-state index in [9.17, 15) is 9.59 Å². The minimum Gasteiger partial charge on any atom is -0.354 e.